The number of nitriles is 1. The highest BCUT2D eigenvalue weighted by Gasteiger charge is 2.37. The molecule has 0 amide bonds. The second kappa shape index (κ2) is 10.8. The van der Waals surface area contributed by atoms with E-state index < -0.39 is 25.1 Å². The van der Waals surface area contributed by atoms with Gasteiger partial charge in [-0.3, -0.25) is 0 Å². The second-order valence-electron chi connectivity index (χ2n) is 12.3. The van der Waals surface area contributed by atoms with Crippen LogP contribution < -0.4 is 4.90 Å². The Morgan fingerprint density at radius 1 is 0.837 bits per heavy atom. The summed E-state index contributed by atoms with van der Waals surface area (Å²) in [4.78, 5) is 2.28. The van der Waals surface area contributed by atoms with E-state index in [9.17, 15) is 27.3 Å². The molecule has 3 aromatic rings. The molecule has 0 atom stereocenters. The fourth-order valence-corrected chi connectivity index (χ4v) is 9.77. The quantitative estimate of drug-likeness (QED) is 0.246. The normalized spacial score (nSPS) is 20.0. The van der Waals surface area contributed by atoms with Crippen molar-refractivity contribution < 1.29 is 22.0 Å². The van der Waals surface area contributed by atoms with E-state index in [0.29, 0.717) is 53.7 Å². The molecular weight excluding hydrogens is 585 g/mol. The number of fused-ring (bicyclic) bond motifs is 3. The summed E-state index contributed by atoms with van der Waals surface area (Å²) in [5.74, 6) is 0. The summed E-state index contributed by atoms with van der Waals surface area (Å²) in [5.41, 5.74) is 3.91. The van der Waals surface area contributed by atoms with Crippen LogP contribution in [0.1, 0.15) is 56.2 Å². The SMILES string of the molecule is CC1(C)CCC(S(=O)(=O)c2ccc3c(c2)/C(=N\O)c2cc(S(=O)(=O)N4CCN(c5ccccc5C#N)CC4)ccc2-3)CC1. The maximum atomic E-state index is 13.7. The van der Waals surface area contributed by atoms with Gasteiger partial charge in [-0.25, -0.2) is 16.8 Å². The molecule has 0 bridgehead atoms. The van der Waals surface area contributed by atoms with Crippen LogP contribution in [0.5, 0.6) is 0 Å². The van der Waals surface area contributed by atoms with Crippen LogP contribution >= 0.6 is 0 Å². The fraction of sp³-hybridized carbons (Fsp3) is 0.375. The van der Waals surface area contributed by atoms with E-state index in [0.717, 1.165) is 18.5 Å². The van der Waals surface area contributed by atoms with Gasteiger partial charge in [0.1, 0.15) is 11.8 Å². The minimum Gasteiger partial charge on any atom is -0.410 e. The minimum absolute atomic E-state index is 0.0729. The molecule has 6 rings (SSSR count). The number of rotatable bonds is 5. The Kier molecular flexibility index (Phi) is 7.35. The summed E-state index contributed by atoms with van der Waals surface area (Å²) in [6.45, 7) is 5.70. The Hall–Kier alpha value is -3.72. The number of sulfone groups is 1. The molecule has 2 aliphatic carbocycles. The van der Waals surface area contributed by atoms with Crippen LogP contribution in [-0.2, 0) is 19.9 Å². The van der Waals surface area contributed by atoms with Gasteiger partial charge >= 0.3 is 0 Å². The molecule has 224 valence electrons. The van der Waals surface area contributed by atoms with Crippen molar-refractivity contribution in [3.05, 3.63) is 77.4 Å². The van der Waals surface area contributed by atoms with Gasteiger partial charge in [-0.2, -0.15) is 9.57 Å². The first kappa shape index (κ1) is 29.4. The van der Waals surface area contributed by atoms with E-state index in [1.165, 1.54) is 10.4 Å². The standard InChI is InChI=1S/C32H34N4O5S2/c1-32(2)13-11-23(12-14-32)42(38,39)24-7-9-26-27-10-8-25(20-29(27)31(34-37)28(26)19-24)43(40,41)36-17-15-35(16-18-36)30-6-4-3-5-22(30)21-33/h3-10,19-20,23,37H,11-18H2,1-2H3/b34-31+. The van der Waals surface area contributed by atoms with Gasteiger partial charge in [0.15, 0.2) is 9.84 Å². The average Bonchev–Trinajstić information content (AvgIpc) is 3.33. The predicted octanol–water partition coefficient (Wildman–Crippen LogP) is 5.02. The van der Waals surface area contributed by atoms with Gasteiger partial charge in [-0.05, 0) is 78.6 Å². The molecule has 3 aromatic carbocycles. The van der Waals surface area contributed by atoms with Crippen LogP contribution in [0.25, 0.3) is 11.1 Å². The first-order valence-corrected chi connectivity index (χ1v) is 17.4. The Balaban J connectivity index is 1.25. The Bertz CT molecular complexity index is 1880. The van der Waals surface area contributed by atoms with Gasteiger partial charge in [0.05, 0.1) is 26.3 Å². The summed E-state index contributed by atoms with van der Waals surface area (Å²) < 4.78 is 56.0. The van der Waals surface area contributed by atoms with Gasteiger partial charge in [0.25, 0.3) is 0 Å². The monoisotopic (exact) mass is 618 g/mol. The van der Waals surface area contributed by atoms with Crippen LogP contribution in [-0.4, -0.2) is 63.5 Å². The van der Waals surface area contributed by atoms with Gasteiger partial charge in [-0.1, -0.05) is 43.3 Å². The third-order valence-corrected chi connectivity index (χ3v) is 13.3. The Labute approximate surface area is 253 Å². The van der Waals surface area contributed by atoms with Crippen molar-refractivity contribution >= 4 is 31.3 Å². The highest BCUT2D eigenvalue weighted by Crippen LogP contribution is 2.42. The van der Waals surface area contributed by atoms with Gasteiger partial charge in [-0.15, -0.1) is 0 Å². The lowest BCUT2D eigenvalue weighted by Crippen LogP contribution is -2.48. The first-order chi connectivity index (χ1) is 20.5. The molecule has 3 aliphatic rings. The van der Waals surface area contributed by atoms with E-state index >= 15 is 0 Å². The van der Waals surface area contributed by atoms with Crippen molar-refractivity contribution in [3.63, 3.8) is 0 Å². The second-order valence-corrected chi connectivity index (χ2v) is 16.5. The molecule has 1 heterocycles. The van der Waals surface area contributed by atoms with Crippen molar-refractivity contribution in [1.29, 1.82) is 5.26 Å². The maximum absolute atomic E-state index is 13.7. The lowest BCUT2D eigenvalue weighted by atomic mass is 9.77. The first-order valence-electron chi connectivity index (χ1n) is 14.5. The maximum Gasteiger partial charge on any atom is 0.243 e. The molecular formula is C32H34N4O5S2. The number of piperazine rings is 1. The topological polar surface area (TPSA) is 131 Å². The summed E-state index contributed by atoms with van der Waals surface area (Å²) >= 11 is 0. The molecule has 1 aliphatic heterocycles. The molecule has 0 aromatic heterocycles. The summed E-state index contributed by atoms with van der Waals surface area (Å²) in [6.07, 6.45) is 2.90. The number of hydrogen-bond acceptors (Lipinski definition) is 8. The molecule has 0 radical (unpaired) electrons. The average molecular weight is 619 g/mol. The van der Waals surface area contributed by atoms with E-state index in [1.54, 1.807) is 42.5 Å². The van der Waals surface area contributed by atoms with Crippen molar-refractivity contribution in [2.75, 3.05) is 31.1 Å². The number of sulfonamides is 1. The fourth-order valence-electron chi connectivity index (χ4n) is 6.54. The molecule has 2 fully saturated rings. The van der Waals surface area contributed by atoms with Crippen LogP contribution in [0, 0.1) is 16.7 Å². The lowest BCUT2D eigenvalue weighted by molar-refractivity contribution is 0.246. The zero-order valence-electron chi connectivity index (χ0n) is 24.2. The summed E-state index contributed by atoms with van der Waals surface area (Å²) in [5, 5.41) is 22.5. The predicted molar refractivity (Wildman–Crippen MR) is 165 cm³/mol. The zero-order valence-corrected chi connectivity index (χ0v) is 25.8. The molecule has 1 N–H and O–H groups in total. The third-order valence-electron chi connectivity index (χ3n) is 9.18. The number of anilines is 1. The van der Waals surface area contributed by atoms with Gasteiger partial charge < -0.3 is 10.1 Å². The lowest BCUT2D eigenvalue weighted by Gasteiger charge is -2.35. The number of oxime groups is 1. The third kappa shape index (κ3) is 5.11. The highest BCUT2D eigenvalue weighted by atomic mass is 32.2. The number of benzene rings is 3. The Morgan fingerprint density at radius 3 is 2.02 bits per heavy atom. The van der Waals surface area contributed by atoms with Crippen LogP contribution in [0.3, 0.4) is 0 Å². The number of para-hydroxylation sites is 1. The van der Waals surface area contributed by atoms with E-state index in [4.69, 9.17) is 0 Å². The summed E-state index contributed by atoms with van der Waals surface area (Å²) in [7, 11) is -7.46. The highest BCUT2D eigenvalue weighted by molar-refractivity contribution is 7.92. The van der Waals surface area contributed by atoms with Crippen molar-refractivity contribution in [2.45, 2.75) is 54.6 Å². The number of hydrogen-bond donors (Lipinski definition) is 1. The van der Waals surface area contributed by atoms with E-state index in [1.807, 2.05) is 17.0 Å². The molecule has 0 unspecified atom stereocenters. The molecule has 11 heteroatoms. The summed E-state index contributed by atoms with van der Waals surface area (Å²) in [6, 6.07) is 19.1. The zero-order chi connectivity index (χ0) is 30.6. The van der Waals surface area contributed by atoms with Crippen LogP contribution in [0.2, 0.25) is 0 Å². The van der Waals surface area contributed by atoms with Gasteiger partial charge in [0, 0.05) is 37.3 Å². The van der Waals surface area contributed by atoms with E-state index in [-0.39, 0.29) is 34.0 Å². The molecule has 43 heavy (non-hydrogen) atoms. The van der Waals surface area contributed by atoms with Crippen LogP contribution in [0.4, 0.5) is 5.69 Å². The Morgan fingerprint density at radius 2 is 1.42 bits per heavy atom. The number of nitrogens with zero attached hydrogens (tertiary/aromatic N) is 4. The van der Waals surface area contributed by atoms with Crippen molar-refractivity contribution in [1.82, 2.24) is 4.31 Å². The van der Waals surface area contributed by atoms with Crippen molar-refractivity contribution in [2.24, 2.45) is 10.6 Å². The van der Waals surface area contributed by atoms with Crippen molar-refractivity contribution in [3.8, 4) is 17.2 Å². The molecule has 0 spiro atoms. The molecule has 9 nitrogen and oxygen atoms in total. The minimum atomic E-state index is -3.87. The largest absolute Gasteiger partial charge is 0.410 e. The van der Waals surface area contributed by atoms with E-state index in [2.05, 4.69) is 25.1 Å². The van der Waals surface area contributed by atoms with Gasteiger partial charge in [0.2, 0.25) is 10.0 Å². The van der Waals surface area contributed by atoms with Crippen LogP contribution in [0.15, 0.2) is 75.6 Å². The molecule has 1 saturated heterocycles. The smallest absolute Gasteiger partial charge is 0.243 e. The molecule has 1 saturated carbocycles.